The second kappa shape index (κ2) is 4.93. The van der Waals surface area contributed by atoms with Gasteiger partial charge in [0.2, 0.25) is 0 Å². The SMILES string of the molecule is Cc1cccc(C(N)c2cc3cccc(F)c3o2)c1Cl. The first-order valence-corrected chi connectivity index (χ1v) is 6.64. The fraction of sp³-hybridized carbons (Fsp3) is 0.125. The van der Waals surface area contributed by atoms with Gasteiger partial charge in [-0.05, 0) is 30.2 Å². The lowest BCUT2D eigenvalue weighted by molar-refractivity contribution is 0.502. The van der Waals surface area contributed by atoms with Crippen molar-refractivity contribution in [1.82, 2.24) is 0 Å². The van der Waals surface area contributed by atoms with Gasteiger partial charge in [0.25, 0.3) is 0 Å². The first-order chi connectivity index (χ1) is 9.58. The van der Waals surface area contributed by atoms with Crippen LogP contribution in [0, 0.1) is 12.7 Å². The molecule has 0 radical (unpaired) electrons. The van der Waals surface area contributed by atoms with E-state index in [2.05, 4.69) is 0 Å². The van der Waals surface area contributed by atoms with Crippen LogP contribution in [0.2, 0.25) is 5.02 Å². The molecule has 0 aliphatic carbocycles. The first kappa shape index (κ1) is 13.2. The van der Waals surface area contributed by atoms with Crippen LogP contribution < -0.4 is 5.73 Å². The summed E-state index contributed by atoms with van der Waals surface area (Å²) in [6.45, 7) is 1.91. The van der Waals surface area contributed by atoms with E-state index in [4.69, 9.17) is 21.8 Å². The highest BCUT2D eigenvalue weighted by Crippen LogP contribution is 2.32. The van der Waals surface area contributed by atoms with Crippen molar-refractivity contribution in [2.24, 2.45) is 5.73 Å². The van der Waals surface area contributed by atoms with Gasteiger partial charge in [0.05, 0.1) is 6.04 Å². The lowest BCUT2D eigenvalue weighted by Gasteiger charge is -2.12. The van der Waals surface area contributed by atoms with E-state index in [1.54, 1.807) is 18.2 Å². The molecule has 1 aromatic heterocycles. The fourth-order valence-electron chi connectivity index (χ4n) is 2.26. The molecule has 0 bridgehead atoms. The van der Waals surface area contributed by atoms with Gasteiger partial charge in [-0.15, -0.1) is 0 Å². The van der Waals surface area contributed by atoms with Gasteiger partial charge in [0, 0.05) is 10.4 Å². The highest BCUT2D eigenvalue weighted by molar-refractivity contribution is 6.32. The second-order valence-electron chi connectivity index (χ2n) is 4.76. The number of aryl methyl sites for hydroxylation is 1. The topological polar surface area (TPSA) is 39.2 Å². The van der Waals surface area contributed by atoms with Crippen molar-refractivity contribution in [1.29, 1.82) is 0 Å². The first-order valence-electron chi connectivity index (χ1n) is 6.26. The average molecular weight is 290 g/mol. The van der Waals surface area contributed by atoms with E-state index in [0.717, 1.165) is 11.1 Å². The minimum atomic E-state index is -0.519. The smallest absolute Gasteiger partial charge is 0.169 e. The molecule has 0 fully saturated rings. The minimum Gasteiger partial charge on any atom is -0.456 e. The van der Waals surface area contributed by atoms with E-state index in [9.17, 15) is 4.39 Å². The van der Waals surface area contributed by atoms with Crippen molar-refractivity contribution in [2.75, 3.05) is 0 Å². The Hall–Kier alpha value is -1.84. The summed E-state index contributed by atoms with van der Waals surface area (Å²) in [6, 6.07) is 11.7. The maximum atomic E-state index is 13.6. The summed E-state index contributed by atoms with van der Waals surface area (Å²) in [7, 11) is 0. The molecule has 0 aliphatic rings. The third-order valence-corrected chi connectivity index (χ3v) is 3.89. The van der Waals surface area contributed by atoms with Crippen molar-refractivity contribution in [3.05, 3.63) is 70.2 Å². The molecule has 2 aromatic carbocycles. The molecule has 0 spiro atoms. The van der Waals surface area contributed by atoms with Crippen LogP contribution in [-0.2, 0) is 0 Å². The highest BCUT2D eigenvalue weighted by atomic mass is 35.5. The Kier molecular flexibility index (Phi) is 3.24. The van der Waals surface area contributed by atoms with Crippen molar-refractivity contribution in [3.8, 4) is 0 Å². The Morgan fingerprint density at radius 1 is 1.20 bits per heavy atom. The third kappa shape index (κ3) is 2.09. The molecule has 0 saturated heterocycles. The van der Waals surface area contributed by atoms with Crippen LogP contribution >= 0.6 is 11.6 Å². The summed E-state index contributed by atoms with van der Waals surface area (Å²) in [5, 5.41) is 1.31. The van der Waals surface area contributed by atoms with Crippen LogP contribution in [0.5, 0.6) is 0 Å². The molecule has 3 aromatic rings. The molecule has 0 aliphatic heterocycles. The molecule has 4 heteroatoms. The van der Waals surface area contributed by atoms with Crippen LogP contribution in [0.3, 0.4) is 0 Å². The molecule has 1 atom stereocenters. The Morgan fingerprint density at radius 2 is 1.95 bits per heavy atom. The van der Waals surface area contributed by atoms with Gasteiger partial charge in [-0.1, -0.05) is 41.9 Å². The zero-order valence-corrected chi connectivity index (χ0v) is 11.6. The normalized spacial score (nSPS) is 12.8. The maximum Gasteiger partial charge on any atom is 0.169 e. The predicted octanol–water partition coefficient (Wildman–Crippen LogP) is 4.58. The van der Waals surface area contributed by atoms with Crippen LogP contribution in [0.15, 0.2) is 46.9 Å². The van der Waals surface area contributed by atoms with Gasteiger partial charge >= 0.3 is 0 Å². The number of benzene rings is 2. The number of nitrogens with two attached hydrogens (primary N) is 1. The van der Waals surface area contributed by atoms with Gasteiger partial charge in [-0.2, -0.15) is 0 Å². The van der Waals surface area contributed by atoms with Crippen LogP contribution in [0.4, 0.5) is 4.39 Å². The molecule has 20 heavy (non-hydrogen) atoms. The second-order valence-corrected chi connectivity index (χ2v) is 5.14. The molecular formula is C16H13ClFNO. The molecular weight excluding hydrogens is 277 g/mol. The van der Waals surface area contributed by atoms with Gasteiger partial charge in [0.1, 0.15) is 5.76 Å². The van der Waals surface area contributed by atoms with E-state index in [-0.39, 0.29) is 5.58 Å². The summed E-state index contributed by atoms with van der Waals surface area (Å²) >= 11 is 6.27. The van der Waals surface area contributed by atoms with E-state index in [1.807, 2.05) is 25.1 Å². The number of hydrogen-bond donors (Lipinski definition) is 1. The lowest BCUT2D eigenvalue weighted by atomic mass is 10.0. The number of para-hydroxylation sites is 1. The van der Waals surface area contributed by atoms with Crippen LogP contribution in [0.25, 0.3) is 11.0 Å². The Balaban J connectivity index is 2.10. The van der Waals surface area contributed by atoms with Crippen molar-refractivity contribution in [3.63, 3.8) is 0 Å². The van der Waals surface area contributed by atoms with Crippen LogP contribution in [0.1, 0.15) is 22.9 Å². The summed E-state index contributed by atoms with van der Waals surface area (Å²) in [6.07, 6.45) is 0. The number of rotatable bonds is 2. The Bertz CT molecular complexity index is 781. The zero-order chi connectivity index (χ0) is 14.3. The van der Waals surface area contributed by atoms with Gasteiger partial charge in [0.15, 0.2) is 11.4 Å². The number of halogens is 2. The molecule has 2 N–H and O–H groups in total. The molecule has 1 heterocycles. The molecule has 102 valence electrons. The van der Waals surface area contributed by atoms with Gasteiger partial charge in [-0.3, -0.25) is 0 Å². The molecule has 0 amide bonds. The molecule has 3 rings (SSSR count). The van der Waals surface area contributed by atoms with E-state index in [1.165, 1.54) is 6.07 Å². The molecule has 1 unspecified atom stereocenters. The zero-order valence-electron chi connectivity index (χ0n) is 10.9. The quantitative estimate of drug-likeness (QED) is 0.750. The standard InChI is InChI=1S/C16H13ClFNO/c1-9-4-2-6-11(14(9)17)15(19)13-8-10-5-3-7-12(18)16(10)20-13/h2-8,15H,19H2,1H3. The lowest BCUT2D eigenvalue weighted by Crippen LogP contribution is -2.11. The molecule has 2 nitrogen and oxygen atoms in total. The maximum absolute atomic E-state index is 13.6. The van der Waals surface area contributed by atoms with E-state index >= 15 is 0 Å². The third-order valence-electron chi connectivity index (χ3n) is 3.38. The summed E-state index contributed by atoms with van der Waals surface area (Å²) < 4.78 is 19.2. The summed E-state index contributed by atoms with van der Waals surface area (Å²) in [5.41, 5.74) is 8.14. The predicted molar refractivity (Wildman–Crippen MR) is 78.4 cm³/mol. The van der Waals surface area contributed by atoms with Crippen molar-refractivity contribution in [2.45, 2.75) is 13.0 Å². The minimum absolute atomic E-state index is 0.224. The molecule has 0 saturated carbocycles. The Morgan fingerprint density at radius 3 is 2.70 bits per heavy atom. The number of hydrogen-bond acceptors (Lipinski definition) is 2. The Labute approximate surface area is 121 Å². The summed E-state index contributed by atoms with van der Waals surface area (Å²) in [5.74, 6) is 0.105. The summed E-state index contributed by atoms with van der Waals surface area (Å²) in [4.78, 5) is 0. The van der Waals surface area contributed by atoms with Crippen LogP contribution in [-0.4, -0.2) is 0 Å². The number of fused-ring (bicyclic) bond motifs is 1. The largest absolute Gasteiger partial charge is 0.456 e. The fourth-order valence-corrected chi connectivity index (χ4v) is 2.51. The van der Waals surface area contributed by atoms with Gasteiger partial charge in [-0.25, -0.2) is 4.39 Å². The van der Waals surface area contributed by atoms with Crippen molar-refractivity contribution < 1.29 is 8.81 Å². The number of furan rings is 1. The van der Waals surface area contributed by atoms with E-state index < -0.39 is 11.9 Å². The average Bonchev–Trinajstić information content (AvgIpc) is 2.87. The van der Waals surface area contributed by atoms with E-state index in [0.29, 0.717) is 16.2 Å². The van der Waals surface area contributed by atoms with Crippen molar-refractivity contribution >= 4 is 22.6 Å². The monoisotopic (exact) mass is 289 g/mol. The van der Waals surface area contributed by atoms with Gasteiger partial charge < -0.3 is 10.2 Å². The highest BCUT2D eigenvalue weighted by Gasteiger charge is 2.18.